The van der Waals surface area contributed by atoms with E-state index in [1.165, 1.54) is 16.7 Å². The molecule has 2 atom stereocenters. The molecule has 230 valence electrons. The number of rotatable bonds is 8. The van der Waals surface area contributed by atoms with Crippen molar-refractivity contribution in [1.82, 2.24) is 29.7 Å². The number of hydrogen-bond donors (Lipinski definition) is 2. The van der Waals surface area contributed by atoms with Gasteiger partial charge in [0.1, 0.15) is 17.6 Å². The zero-order valence-electron chi connectivity index (χ0n) is 23.6. The molecular weight excluding hydrogens is 602 g/mol. The Labute approximate surface area is 252 Å². The van der Waals surface area contributed by atoms with Gasteiger partial charge in [-0.15, -0.1) is 0 Å². The summed E-state index contributed by atoms with van der Waals surface area (Å²) in [6.07, 6.45) is 0.892. The van der Waals surface area contributed by atoms with E-state index in [0.29, 0.717) is 35.4 Å². The maximum atomic E-state index is 14.8. The lowest BCUT2D eigenvalue weighted by Gasteiger charge is -2.33. The number of ether oxygens (including phenoxy) is 1. The van der Waals surface area contributed by atoms with Crippen LogP contribution in [0, 0.1) is 0 Å². The number of aromatic nitrogens is 4. The number of carbonyl (C=O) groups is 1. The first-order chi connectivity index (χ1) is 21.1. The van der Waals surface area contributed by atoms with Gasteiger partial charge < -0.3 is 29.2 Å². The van der Waals surface area contributed by atoms with Crippen molar-refractivity contribution in [2.24, 2.45) is 0 Å². The number of nitrogens with zero attached hydrogens (tertiary/aromatic N) is 5. The third-order valence-electron chi connectivity index (χ3n) is 7.30. The number of pyridine rings is 2. The van der Waals surface area contributed by atoms with Crippen LogP contribution >= 0.6 is 11.8 Å². The molecule has 5 heterocycles. The van der Waals surface area contributed by atoms with Gasteiger partial charge in [0.05, 0.1) is 47.0 Å². The molecule has 0 bridgehead atoms. The third-order valence-corrected chi connectivity index (χ3v) is 8.14. The van der Waals surface area contributed by atoms with E-state index >= 15 is 0 Å². The van der Waals surface area contributed by atoms with Crippen LogP contribution in [0.1, 0.15) is 22.8 Å². The molecule has 5 aromatic rings. The highest BCUT2D eigenvalue weighted by Gasteiger charge is 2.34. The zero-order valence-corrected chi connectivity index (χ0v) is 24.4. The summed E-state index contributed by atoms with van der Waals surface area (Å²) in [6.45, 7) is 0.775. The van der Waals surface area contributed by atoms with Crippen LogP contribution < -0.4 is 15.4 Å². The summed E-state index contributed by atoms with van der Waals surface area (Å²) in [7, 11) is 3.40. The predicted molar refractivity (Wildman–Crippen MR) is 156 cm³/mol. The van der Waals surface area contributed by atoms with Gasteiger partial charge >= 0.3 is 5.51 Å². The molecule has 1 aliphatic rings. The van der Waals surface area contributed by atoms with Crippen molar-refractivity contribution in [2.45, 2.75) is 35.7 Å². The second kappa shape index (κ2) is 12.0. The predicted octanol–water partition coefficient (Wildman–Crippen LogP) is 5.54. The van der Waals surface area contributed by atoms with Crippen LogP contribution in [-0.4, -0.2) is 75.3 Å². The lowest BCUT2D eigenvalue weighted by molar-refractivity contribution is -0.0329. The summed E-state index contributed by atoms with van der Waals surface area (Å²) >= 11 is -0.311. The molecule has 4 aromatic heterocycles. The van der Waals surface area contributed by atoms with Gasteiger partial charge in [0.25, 0.3) is 5.91 Å². The first-order valence-electron chi connectivity index (χ1n) is 13.6. The molecule has 44 heavy (non-hydrogen) atoms. The normalized spacial score (nSPS) is 17.7. The molecule has 0 unspecified atom stereocenters. The first-order valence-corrected chi connectivity index (χ1v) is 14.4. The number of thioether (sulfide) groups is 1. The number of amides is 1. The lowest BCUT2D eigenvalue weighted by Crippen LogP contribution is -2.46. The Morgan fingerprint density at radius 3 is 2.80 bits per heavy atom. The Morgan fingerprint density at radius 2 is 2.02 bits per heavy atom. The fourth-order valence-corrected chi connectivity index (χ4v) is 5.86. The van der Waals surface area contributed by atoms with Gasteiger partial charge in [-0.25, -0.2) is 9.37 Å². The quantitative estimate of drug-likeness (QED) is 0.169. The van der Waals surface area contributed by atoms with Crippen molar-refractivity contribution in [3.05, 3.63) is 66.3 Å². The molecule has 0 spiro atoms. The molecular formula is C29H27F4N7O3S. The smallest absolute Gasteiger partial charge is 0.447 e. The molecule has 1 saturated heterocycles. The Bertz CT molecular complexity index is 1830. The first kappa shape index (κ1) is 29.7. The van der Waals surface area contributed by atoms with Crippen molar-refractivity contribution in [3.63, 3.8) is 0 Å². The Hall–Kier alpha value is -4.37. The number of fused-ring (bicyclic) bond motifs is 2. The molecule has 0 radical (unpaired) electrons. The van der Waals surface area contributed by atoms with E-state index in [9.17, 15) is 22.4 Å². The monoisotopic (exact) mass is 629 g/mol. The van der Waals surface area contributed by atoms with Gasteiger partial charge in [0.2, 0.25) is 11.7 Å². The van der Waals surface area contributed by atoms with Crippen LogP contribution in [0.5, 0.6) is 5.75 Å². The molecule has 10 nitrogen and oxygen atoms in total. The van der Waals surface area contributed by atoms with Crippen molar-refractivity contribution >= 4 is 39.8 Å². The van der Waals surface area contributed by atoms with E-state index in [4.69, 9.17) is 9.26 Å². The standard InChI is InChI=1S/C29H27F4N7O3S/c1-39-11-9-21(19(30)15-39)36-22-4-3-10-40-24(22)13-18(28(40)44-29(31,32)33)26-37-25(43-38-26)14-34-27(41)23-7-5-16-12-17(42-2)6-8-20(16)35-23/h3-8,10,12-13,19,21,36H,9,11,14-15H2,1-2H3,(H,34,41)/t19-,21+/m0/s1. The van der Waals surface area contributed by atoms with E-state index in [2.05, 4.69) is 25.8 Å². The number of alkyl halides is 4. The summed E-state index contributed by atoms with van der Waals surface area (Å²) in [6, 6.07) is 12.9. The van der Waals surface area contributed by atoms with Gasteiger partial charge in [-0.2, -0.15) is 18.2 Å². The fourth-order valence-electron chi connectivity index (χ4n) is 5.13. The van der Waals surface area contributed by atoms with Gasteiger partial charge in [-0.1, -0.05) is 11.2 Å². The fraction of sp³-hybridized carbons (Fsp3) is 0.310. The van der Waals surface area contributed by atoms with E-state index in [-0.39, 0.29) is 52.8 Å². The van der Waals surface area contributed by atoms with Crippen molar-refractivity contribution < 1.29 is 31.6 Å². The highest BCUT2D eigenvalue weighted by Crippen LogP contribution is 2.44. The van der Waals surface area contributed by atoms with Crippen LogP contribution in [0.25, 0.3) is 27.8 Å². The number of nitrogens with one attached hydrogen (secondary N) is 2. The Balaban J connectivity index is 1.24. The lowest BCUT2D eigenvalue weighted by atomic mass is 10.0. The number of likely N-dealkylation sites (tertiary alicyclic amines) is 1. The second-order valence-corrected chi connectivity index (χ2v) is 11.4. The molecule has 1 fully saturated rings. The Morgan fingerprint density at radius 1 is 1.18 bits per heavy atom. The minimum absolute atomic E-state index is 0.0120. The third kappa shape index (κ3) is 6.28. The SMILES string of the molecule is COc1ccc2nc(C(=O)NCc3nc(-c4cc5c(N[C@@H]6CCN(C)C[C@@H]6F)cccn5c4SC(F)(F)F)no3)ccc2c1. The topological polar surface area (TPSA) is 110 Å². The van der Waals surface area contributed by atoms with Crippen LogP contribution in [0.4, 0.5) is 23.2 Å². The molecule has 1 aromatic carbocycles. The Kier molecular flexibility index (Phi) is 8.07. The van der Waals surface area contributed by atoms with Gasteiger partial charge in [0, 0.05) is 36.4 Å². The number of benzene rings is 1. The number of halogens is 4. The molecule has 0 saturated carbocycles. The van der Waals surface area contributed by atoms with Crippen molar-refractivity contribution in [1.29, 1.82) is 0 Å². The molecule has 6 rings (SSSR count). The molecule has 15 heteroatoms. The van der Waals surface area contributed by atoms with Crippen LogP contribution in [0.3, 0.4) is 0 Å². The van der Waals surface area contributed by atoms with E-state index < -0.39 is 23.6 Å². The van der Waals surface area contributed by atoms with Crippen molar-refractivity contribution in [2.75, 3.05) is 32.6 Å². The summed E-state index contributed by atoms with van der Waals surface area (Å²) in [5.74, 6) is 0.0639. The maximum absolute atomic E-state index is 14.8. The second-order valence-electron chi connectivity index (χ2n) is 10.4. The summed E-state index contributed by atoms with van der Waals surface area (Å²) in [5, 5.41) is 10.3. The van der Waals surface area contributed by atoms with Crippen LogP contribution in [0.2, 0.25) is 0 Å². The van der Waals surface area contributed by atoms with Gasteiger partial charge in [0.15, 0.2) is 0 Å². The largest absolute Gasteiger partial charge is 0.497 e. The van der Waals surface area contributed by atoms with E-state index in [1.54, 1.807) is 49.6 Å². The van der Waals surface area contributed by atoms with E-state index in [1.807, 2.05) is 11.9 Å². The number of carbonyl (C=O) groups excluding carboxylic acids is 1. The highest BCUT2D eigenvalue weighted by molar-refractivity contribution is 8.00. The number of methoxy groups -OCH3 is 1. The molecule has 2 N–H and O–H groups in total. The average Bonchev–Trinajstić information content (AvgIpc) is 3.61. The minimum atomic E-state index is -4.61. The summed E-state index contributed by atoms with van der Waals surface area (Å²) in [4.78, 5) is 23.3. The van der Waals surface area contributed by atoms with Gasteiger partial charge in [-0.3, -0.25) is 4.79 Å². The van der Waals surface area contributed by atoms with Crippen LogP contribution in [-0.2, 0) is 6.54 Å². The molecule has 1 aliphatic heterocycles. The molecule has 0 aliphatic carbocycles. The summed E-state index contributed by atoms with van der Waals surface area (Å²) in [5.41, 5.74) is -2.89. The van der Waals surface area contributed by atoms with Crippen LogP contribution in [0.15, 0.2) is 64.3 Å². The number of anilines is 1. The highest BCUT2D eigenvalue weighted by atomic mass is 32.2. The van der Waals surface area contributed by atoms with E-state index in [0.717, 1.165) is 5.39 Å². The minimum Gasteiger partial charge on any atom is -0.497 e. The zero-order chi connectivity index (χ0) is 31.0. The maximum Gasteiger partial charge on any atom is 0.447 e. The number of piperidine rings is 1. The van der Waals surface area contributed by atoms with Crippen molar-refractivity contribution in [3.8, 4) is 17.1 Å². The summed E-state index contributed by atoms with van der Waals surface area (Å²) < 4.78 is 67.6. The number of hydrogen-bond acceptors (Lipinski definition) is 9. The van der Waals surface area contributed by atoms with Gasteiger partial charge in [-0.05, 0) is 55.9 Å². The average molecular weight is 630 g/mol. The molecule has 1 amide bonds.